The van der Waals surface area contributed by atoms with E-state index in [1.165, 1.54) is 12.1 Å². The third kappa shape index (κ3) is 4.82. The first-order chi connectivity index (χ1) is 9.60. The minimum absolute atomic E-state index is 0.289. The summed E-state index contributed by atoms with van der Waals surface area (Å²) in [5.41, 5.74) is 1.02. The van der Waals surface area contributed by atoms with Gasteiger partial charge in [0.1, 0.15) is 5.82 Å². The van der Waals surface area contributed by atoms with Crippen molar-refractivity contribution in [3.63, 3.8) is 0 Å². The van der Waals surface area contributed by atoms with Gasteiger partial charge in [-0.25, -0.2) is 9.18 Å². The minimum atomic E-state index is -0.425. The Morgan fingerprint density at radius 2 is 2.05 bits per heavy atom. The van der Waals surface area contributed by atoms with Crippen LogP contribution in [0.2, 0.25) is 0 Å². The standard InChI is InChI=1S/C16H18ClFO2/c1-3-5-6-7-14(16(19)20-4-2)15(17)12-8-10-13(18)11-9-12/h3,8-11H,1,4-7H2,2H3/b15-14-. The molecule has 0 saturated heterocycles. The number of hydrogen-bond donors (Lipinski definition) is 0. The number of allylic oxidation sites excluding steroid dienone is 1. The molecule has 0 aromatic heterocycles. The summed E-state index contributed by atoms with van der Waals surface area (Å²) >= 11 is 6.26. The molecule has 4 heteroatoms. The van der Waals surface area contributed by atoms with Crippen LogP contribution in [0.25, 0.3) is 5.03 Å². The van der Waals surface area contributed by atoms with Gasteiger partial charge < -0.3 is 4.74 Å². The number of unbranched alkanes of at least 4 members (excludes halogenated alkanes) is 1. The van der Waals surface area contributed by atoms with Crippen molar-refractivity contribution in [2.75, 3.05) is 6.61 Å². The summed E-state index contributed by atoms with van der Waals surface area (Å²) in [4.78, 5) is 12.0. The van der Waals surface area contributed by atoms with E-state index in [-0.39, 0.29) is 12.4 Å². The maximum atomic E-state index is 12.9. The van der Waals surface area contributed by atoms with Crippen molar-refractivity contribution < 1.29 is 13.9 Å². The first kappa shape index (κ1) is 16.4. The number of halogens is 2. The molecule has 1 rings (SSSR count). The van der Waals surface area contributed by atoms with E-state index >= 15 is 0 Å². The van der Waals surface area contributed by atoms with Crippen LogP contribution >= 0.6 is 11.6 Å². The van der Waals surface area contributed by atoms with Crippen LogP contribution in [0.4, 0.5) is 4.39 Å². The van der Waals surface area contributed by atoms with Gasteiger partial charge in [0.05, 0.1) is 17.2 Å². The van der Waals surface area contributed by atoms with E-state index in [1.807, 2.05) is 0 Å². The monoisotopic (exact) mass is 296 g/mol. The Kier molecular flexibility index (Phi) is 7.02. The molecule has 0 saturated carbocycles. The van der Waals surface area contributed by atoms with E-state index < -0.39 is 5.97 Å². The highest BCUT2D eigenvalue weighted by molar-refractivity contribution is 6.50. The number of ether oxygens (including phenoxy) is 1. The van der Waals surface area contributed by atoms with Crippen LogP contribution in [0.5, 0.6) is 0 Å². The van der Waals surface area contributed by atoms with E-state index in [2.05, 4.69) is 6.58 Å². The fourth-order valence-electron chi connectivity index (χ4n) is 1.71. The molecule has 0 fully saturated rings. The maximum absolute atomic E-state index is 12.9. The van der Waals surface area contributed by atoms with Crippen LogP contribution in [0.1, 0.15) is 31.7 Å². The highest BCUT2D eigenvalue weighted by atomic mass is 35.5. The second-order valence-electron chi connectivity index (χ2n) is 4.20. The van der Waals surface area contributed by atoms with E-state index in [9.17, 15) is 9.18 Å². The highest BCUT2D eigenvalue weighted by Crippen LogP contribution is 2.27. The molecule has 1 aromatic rings. The molecule has 0 unspecified atom stereocenters. The summed E-state index contributed by atoms with van der Waals surface area (Å²) in [6.07, 6.45) is 3.83. The zero-order chi connectivity index (χ0) is 15.0. The van der Waals surface area contributed by atoms with Gasteiger partial charge in [-0.05, 0) is 43.9 Å². The molecule has 2 nitrogen and oxygen atoms in total. The number of carbonyl (C=O) groups excluding carboxylic acids is 1. The Hall–Kier alpha value is -1.61. The van der Waals surface area contributed by atoms with Crippen molar-refractivity contribution >= 4 is 22.6 Å². The third-order valence-corrected chi connectivity index (χ3v) is 3.17. The zero-order valence-corrected chi connectivity index (χ0v) is 12.3. The van der Waals surface area contributed by atoms with E-state index in [0.29, 0.717) is 22.6 Å². The van der Waals surface area contributed by atoms with Crippen molar-refractivity contribution in [2.24, 2.45) is 0 Å². The van der Waals surface area contributed by atoms with Crippen LogP contribution in [0, 0.1) is 5.82 Å². The van der Waals surface area contributed by atoms with Gasteiger partial charge in [0.2, 0.25) is 0 Å². The van der Waals surface area contributed by atoms with Gasteiger partial charge in [0.25, 0.3) is 0 Å². The highest BCUT2D eigenvalue weighted by Gasteiger charge is 2.16. The zero-order valence-electron chi connectivity index (χ0n) is 11.5. The fourth-order valence-corrected chi connectivity index (χ4v) is 2.01. The predicted molar refractivity (Wildman–Crippen MR) is 79.9 cm³/mol. The lowest BCUT2D eigenvalue weighted by atomic mass is 10.0. The lowest BCUT2D eigenvalue weighted by molar-refractivity contribution is -0.138. The topological polar surface area (TPSA) is 26.3 Å². The number of hydrogen-bond acceptors (Lipinski definition) is 2. The Morgan fingerprint density at radius 1 is 1.40 bits per heavy atom. The Bertz CT molecular complexity index is 492. The van der Waals surface area contributed by atoms with Gasteiger partial charge in [0.15, 0.2) is 0 Å². The molecule has 0 amide bonds. The number of esters is 1. The van der Waals surface area contributed by atoms with Crippen LogP contribution < -0.4 is 0 Å². The molecule has 0 aliphatic rings. The molecule has 0 aliphatic carbocycles. The Labute approximate surface area is 123 Å². The number of carbonyl (C=O) groups is 1. The van der Waals surface area contributed by atoms with Crippen molar-refractivity contribution in [3.05, 3.63) is 53.9 Å². The molecule has 0 aliphatic heterocycles. The Morgan fingerprint density at radius 3 is 2.60 bits per heavy atom. The summed E-state index contributed by atoms with van der Waals surface area (Å²) in [7, 11) is 0. The van der Waals surface area contributed by atoms with Gasteiger partial charge in [-0.3, -0.25) is 0 Å². The molecular formula is C16H18ClFO2. The van der Waals surface area contributed by atoms with Crippen LogP contribution in [0.3, 0.4) is 0 Å². The average Bonchev–Trinajstić information content (AvgIpc) is 2.44. The quantitative estimate of drug-likeness (QED) is 0.316. The van der Waals surface area contributed by atoms with Crippen molar-refractivity contribution in [1.29, 1.82) is 0 Å². The van der Waals surface area contributed by atoms with Gasteiger partial charge in [-0.1, -0.05) is 29.8 Å². The van der Waals surface area contributed by atoms with E-state index in [1.54, 1.807) is 25.1 Å². The molecule has 0 atom stereocenters. The Balaban J connectivity index is 3.03. The van der Waals surface area contributed by atoms with E-state index in [0.717, 1.165) is 12.8 Å². The molecule has 20 heavy (non-hydrogen) atoms. The smallest absolute Gasteiger partial charge is 0.335 e. The molecule has 0 bridgehead atoms. The normalized spacial score (nSPS) is 11.8. The minimum Gasteiger partial charge on any atom is -0.463 e. The van der Waals surface area contributed by atoms with Crippen molar-refractivity contribution in [2.45, 2.75) is 26.2 Å². The lowest BCUT2D eigenvalue weighted by Gasteiger charge is -2.10. The molecule has 0 heterocycles. The first-order valence-electron chi connectivity index (χ1n) is 6.52. The van der Waals surface area contributed by atoms with Crippen LogP contribution in [-0.2, 0) is 9.53 Å². The molecule has 108 valence electrons. The second-order valence-corrected chi connectivity index (χ2v) is 4.58. The van der Waals surface area contributed by atoms with Gasteiger partial charge in [-0.2, -0.15) is 0 Å². The van der Waals surface area contributed by atoms with Gasteiger partial charge >= 0.3 is 5.97 Å². The summed E-state index contributed by atoms with van der Waals surface area (Å²) in [5, 5.41) is 0.313. The lowest BCUT2D eigenvalue weighted by Crippen LogP contribution is -2.09. The molecular weight excluding hydrogens is 279 g/mol. The van der Waals surface area contributed by atoms with Crippen LogP contribution in [-0.4, -0.2) is 12.6 Å². The maximum Gasteiger partial charge on any atom is 0.335 e. The van der Waals surface area contributed by atoms with E-state index in [4.69, 9.17) is 16.3 Å². The predicted octanol–water partition coefficient (Wildman–Crippen LogP) is 4.70. The molecule has 1 aromatic carbocycles. The molecule has 0 spiro atoms. The summed E-state index contributed by atoms with van der Waals surface area (Å²) in [6.45, 7) is 5.67. The molecule has 0 N–H and O–H groups in total. The summed E-state index contributed by atoms with van der Waals surface area (Å²) < 4.78 is 17.9. The third-order valence-electron chi connectivity index (χ3n) is 2.72. The molecule has 0 radical (unpaired) electrons. The number of rotatable bonds is 7. The largest absolute Gasteiger partial charge is 0.463 e. The second kappa shape index (κ2) is 8.54. The SMILES string of the molecule is C=CCCC/C(C(=O)OCC)=C(/Cl)c1ccc(F)cc1. The van der Waals surface area contributed by atoms with Crippen LogP contribution in [0.15, 0.2) is 42.5 Å². The van der Waals surface area contributed by atoms with Gasteiger partial charge in [-0.15, -0.1) is 6.58 Å². The van der Waals surface area contributed by atoms with Gasteiger partial charge in [0, 0.05) is 0 Å². The van der Waals surface area contributed by atoms with Crippen molar-refractivity contribution in [3.8, 4) is 0 Å². The fraction of sp³-hybridized carbons (Fsp3) is 0.312. The summed E-state index contributed by atoms with van der Waals surface area (Å²) in [5.74, 6) is -0.770. The number of benzene rings is 1. The first-order valence-corrected chi connectivity index (χ1v) is 6.90. The summed E-state index contributed by atoms with van der Waals surface area (Å²) in [6, 6.07) is 5.71. The average molecular weight is 297 g/mol. The van der Waals surface area contributed by atoms with Crippen molar-refractivity contribution in [1.82, 2.24) is 0 Å².